The molecule has 0 aliphatic carbocycles. The zero-order chi connectivity index (χ0) is 16.3. The van der Waals surface area contributed by atoms with Crippen LogP contribution >= 0.6 is 0 Å². The number of carbonyl (C=O) groups excluding carboxylic acids is 1. The van der Waals surface area contributed by atoms with E-state index in [1.807, 2.05) is 4.90 Å². The predicted octanol–water partition coefficient (Wildman–Crippen LogP) is 1.68. The molecule has 1 fully saturated rings. The van der Waals surface area contributed by atoms with E-state index in [0.29, 0.717) is 31.6 Å². The summed E-state index contributed by atoms with van der Waals surface area (Å²) >= 11 is 0. The van der Waals surface area contributed by atoms with Gasteiger partial charge in [0.2, 0.25) is 0 Å². The quantitative estimate of drug-likeness (QED) is 0.512. The van der Waals surface area contributed by atoms with Crippen LogP contribution in [0.2, 0.25) is 0 Å². The molecule has 0 spiro atoms. The van der Waals surface area contributed by atoms with Gasteiger partial charge in [0.15, 0.2) is 0 Å². The van der Waals surface area contributed by atoms with Crippen LogP contribution in [0, 0.1) is 16.0 Å². The zero-order valence-corrected chi connectivity index (χ0v) is 12.0. The topological polar surface area (TPSA) is 110 Å². The minimum Gasteiger partial charge on any atom is -0.478 e. The molecule has 0 atom stereocenters. The van der Waals surface area contributed by atoms with Crippen molar-refractivity contribution in [2.24, 2.45) is 5.92 Å². The largest absolute Gasteiger partial charge is 0.478 e. The lowest BCUT2D eigenvalue weighted by Crippen LogP contribution is -2.37. The van der Waals surface area contributed by atoms with Gasteiger partial charge in [-0.3, -0.25) is 14.9 Å². The second kappa shape index (κ2) is 6.42. The molecule has 22 heavy (non-hydrogen) atoms. The van der Waals surface area contributed by atoms with Gasteiger partial charge in [-0.15, -0.1) is 0 Å². The molecule has 0 saturated carbocycles. The number of hydrogen-bond acceptors (Lipinski definition) is 6. The number of nitrogens with zero attached hydrogens (tertiary/aromatic N) is 2. The van der Waals surface area contributed by atoms with E-state index in [4.69, 9.17) is 4.74 Å². The molecule has 0 aromatic heterocycles. The van der Waals surface area contributed by atoms with Crippen LogP contribution in [-0.4, -0.2) is 42.2 Å². The van der Waals surface area contributed by atoms with Crippen LogP contribution in [0.25, 0.3) is 0 Å². The minimum absolute atomic E-state index is 0.106. The van der Waals surface area contributed by atoms with Crippen molar-refractivity contribution in [3.05, 3.63) is 33.9 Å². The fourth-order valence-electron chi connectivity index (χ4n) is 2.61. The Kier molecular flexibility index (Phi) is 4.59. The van der Waals surface area contributed by atoms with Crippen molar-refractivity contribution in [2.45, 2.75) is 12.8 Å². The van der Waals surface area contributed by atoms with Crippen molar-refractivity contribution < 1.29 is 24.4 Å². The summed E-state index contributed by atoms with van der Waals surface area (Å²) < 4.78 is 4.71. The summed E-state index contributed by atoms with van der Waals surface area (Å²) in [6, 6.07) is 3.79. The molecule has 1 aromatic rings. The third kappa shape index (κ3) is 3.16. The maximum atomic E-state index is 11.5. The number of rotatable bonds is 4. The monoisotopic (exact) mass is 308 g/mol. The Hall–Kier alpha value is -2.64. The summed E-state index contributed by atoms with van der Waals surface area (Å²) in [7, 11) is 1.34. The predicted molar refractivity (Wildman–Crippen MR) is 77.0 cm³/mol. The second-order valence-electron chi connectivity index (χ2n) is 5.05. The zero-order valence-electron chi connectivity index (χ0n) is 12.0. The number of benzene rings is 1. The molecule has 1 aliphatic heterocycles. The lowest BCUT2D eigenvalue weighted by molar-refractivity contribution is -0.384. The SMILES string of the molecule is COC(=O)C1CCN(c2ccc([N+](=O)[O-])cc2C(=O)O)CC1. The van der Waals surface area contributed by atoms with Gasteiger partial charge >= 0.3 is 11.9 Å². The molecule has 8 nitrogen and oxygen atoms in total. The summed E-state index contributed by atoms with van der Waals surface area (Å²) in [5, 5.41) is 20.0. The number of carboxylic acid groups (broad SMARTS) is 1. The first-order chi connectivity index (χ1) is 10.4. The number of aromatic carboxylic acids is 1. The van der Waals surface area contributed by atoms with E-state index >= 15 is 0 Å². The first-order valence-corrected chi connectivity index (χ1v) is 6.78. The summed E-state index contributed by atoms with van der Waals surface area (Å²) in [6.45, 7) is 0.996. The van der Waals surface area contributed by atoms with Crippen LogP contribution in [-0.2, 0) is 9.53 Å². The fraction of sp³-hybridized carbons (Fsp3) is 0.429. The molecule has 1 heterocycles. The van der Waals surface area contributed by atoms with Crippen molar-refractivity contribution in [3.8, 4) is 0 Å². The molecule has 0 unspecified atom stereocenters. The van der Waals surface area contributed by atoms with Crippen LogP contribution in [0.1, 0.15) is 23.2 Å². The number of non-ortho nitro benzene ring substituents is 1. The average molecular weight is 308 g/mol. The Morgan fingerprint density at radius 2 is 2.00 bits per heavy atom. The van der Waals surface area contributed by atoms with Gasteiger partial charge in [0.25, 0.3) is 5.69 Å². The van der Waals surface area contributed by atoms with Crippen LogP contribution < -0.4 is 4.90 Å². The number of esters is 1. The van der Waals surface area contributed by atoms with Crippen molar-refractivity contribution in [2.75, 3.05) is 25.1 Å². The van der Waals surface area contributed by atoms with Gasteiger partial charge in [0.05, 0.1) is 29.2 Å². The van der Waals surface area contributed by atoms with Crippen LogP contribution in [0.5, 0.6) is 0 Å². The van der Waals surface area contributed by atoms with E-state index in [1.54, 1.807) is 0 Å². The second-order valence-corrected chi connectivity index (χ2v) is 5.05. The molecule has 118 valence electrons. The number of nitro benzene ring substituents is 1. The number of carboxylic acids is 1. The smallest absolute Gasteiger partial charge is 0.338 e. The van der Waals surface area contributed by atoms with E-state index in [9.17, 15) is 24.8 Å². The van der Waals surface area contributed by atoms with E-state index in [1.165, 1.54) is 19.2 Å². The lowest BCUT2D eigenvalue weighted by Gasteiger charge is -2.33. The highest BCUT2D eigenvalue weighted by molar-refractivity contribution is 5.95. The van der Waals surface area contributed by atoms with E-state index in [0.717, 1.165) is 6.07 Å². The molecule has 1 saturated heterocycles. The summed E-state index contributed by atoms with van der Waals surface area (Å²) in [5.41, 5.74) is 0.0673. The number of carbonyl (C=O) groups is 2. The Bertz CT molecular complexity index is 607. The number of ether oxygens (including phenoxy) is 1. The standard InChI is InChI=1S/C14H16N2O6/c1-22-14(19)9-4-6-15(7-5-9)12-3-2-10(16(20)21)8-11(12)13(17)18/h2-3,8-9H,4-7H2,1H3,(H,17,18). The maximum absolute atomic E-state index is 11.5. The summed E-state index contributed by atoms with van der Waals surface area (Å²) in [6.07, 6.45) is 1.12. The first-order valence-electron chi connectivity index (χ1n) is 6.78. The van der Waals surface area contributed by atoms with Gasteiger partial charge in [-0.1, -0.05) is 0 Å². The molecular formula is C14H16N2O6. The summed E-state index contributed by atoms with van der Waals surface area (Å²) in [4.78, 5) is 34.8. The Labute approximate surface area is 126 Å². The minimum atomic E-state index is -1.21. The average Bonchev–Trinajstić information content (AvgIpc) is 2.53. The molecular weight excluding hydrogens is 292 g/mol. The molecule has 0 amide bonds. The molecule has 0 bridgehead atoms. The summed E-state index contributed by atoms with van der Waals surface area (Å²) in [5.74, 6) is -1.66. The lowest BCUT2D eigenvalue weighted by atomic mass is 9.96. The number of methoxy groups -OCH3 is 1. The normalized spacial score (nSPS) is 15.4. The van der Waals surface area contributed by atoms with Crippen LogP contribution in [0.4, 0.5) is 11.4 Å². The van der Waals surface area contributed by atoms with Gasteiger partial charge in [0, 0.05) is 25.2 Å². The number of hydrogen-bond donors (Lipinski definition) is 1. The van der Waals surface area contributed by atoms with Crippen LogP contribution in [0.3, 0.4) is 0 Å². The van der Waals surface area contributed by atoms with Gasteiger partial charge in [-0.2, -0.15) is 0 Å². The molecule has 1 aromatic carbocycles. The van der Waals surface area contributed by atoms with E-state index in [2.05, 4.69) is 0 Å². The number of anilines is 1. The van der Waals surface area contributed by atoms with E-state index in [-0.39, 0.29) is 23.1 Å². The Balaban J connectivity index is 2.21. The third-order valence-corrected chi connectivity index (χ3v) is 3.79. The van der Waals surface area contributed by atoms with Gasteiger partial charge in [0.1, 0.15) is 0 Å². The molecule has 2 rings (SSSR count). The van der Waals surface area contributed by atoms with Crippen molar-refractivity contribution in [1.82, 2.24) is 0 Å². The van der Waals surface area contributed by atoms with Gasteiger partial charge in [-0.25, -0.2) is 4.79 Å². The first kappa shape index (κ1) is 15.7. The van der Waals surface area contributed by atoms with Crippen molar-refractivity contribution in [3.63, 3.8) is 0 Å². The van der Waals surface area contributed by atoms with Gasteiger partial charge in [-0.05, 0) is 18.9 Å². The molecule has 8 heteroatoms. The highest BCUT2D eigenvalue weighted by Gasteiger charge is 2.28. The fourth-order valence-corrected chi connectivity index (χ4v) is 2.61. The molecule has 1 N–H and O–H groups in total. The Morgan fingerprint density at radius 3 is 2.50 bits per heavy atom. The highest BCUT2D eigenvalue weighted by Crippen LogP contribution is 2.29. The maximum Gasteiger partial charge on any atom is 0.338 e. The van der Waals surface area contributed by atoms with Crippen molar-refractivity contribution >= 4 is 23.3 Å². The van der Waals surface area contributed by atoms with Crippen LogP contribution in [0.15, 0.2) is 18.2 Å². The van der Waals surface area contributed by atoms with Gasteiger partial charge < -0.3 is 14.7 Å². The third-order valence-electron chi connectivity index (χ3n) is 3.79. The van der Waals surface area contributed by atoms with E-state index < -0.39 is 10.9 Å². The molecule has 0 radical (unpaired) electrons. The van der Waals surface area contributed by atoms with Crippen molar-refractivity contribution in [1.29, 1.82) is 0 Å². The Morgan fingerprint density at radius 1 is 1.36 bits per heavy atom. The number of piperidine rings is 1. The number of nitro groups is 1. The molecule has 1 aliphatic rings. The highest BCUT2D eigenvalue weighted by atomic mass is 16.6.